The summed E-state index contributed by atoms with van der Waals surface area (Å²) in [5.41, 5.74) is 2.54. The number of benzene rings is 2. The molecule has 5 heteroatoms. The van der Waals surface area contributed by atoms with Gasteiger partial charge in [0, 0.05) is 23.8 Å². The maximum absolute atomic E-state index is 7.50. The third-order valence-corrected chi connectivity index (χ3v) is 2.55. The van der Waals surface area contributed by atoms with E-state index in [4.69, 9.17) is 18.7 Å². The van der Waals surface area contributed by atoms with Gasteiger partial charge in [0.25, 0.3) is 0 Å². The minimum absolute atomic E-state index is 0. The minimum atomic E-state index is 0. The van der Waals surface area contributed by atoms with Gasteiger partial charge in [-0.1, -0.05) is 36.4 Å². The molecule has 4 nitrogen and oxygen atoms in total. The van der Waals surface area contributed by atoms with E-state index in [-0.39, 0.29) is 17.4 Å². The Balaban J connectivity index is 0. The molecule has 21 heavy (non-hydrogen) atoms. The quantitative estimate of drug-likeness (QED) is 0.463. The summed E-state index contributed by atoms with van der Waals surface area (Å²) in [6, 6.07) is 16.4. The molecule has 0 aromatic heterocycles. The molecule has 0 unspecified atom stereocenters. The predicted molar refractivity (Wildman–Crippen MR) is 67.6 cm³/mol. The number of ether oxygens (including phenoxy) is 1. The smallest absolute Gasteiger partial charge is 0.130 e. The van der Waals surface area contributed by atoms with Crippen LogP contribution in [0.4, 0.5) is 0 Å². The fourth-order valence-electron chi connectivity index (χ4n) is 1.82. The Morgan fingerprint density at radius 1 is 0.667 bits per heavy atom. The zero-order valence-electron chi connectivity index (χ0n) is 10.9. The fourth-order valence-corrected chi connectivity index (χ4v) is 1.82. The van der Waals surface area contributed by atoms with Crippen molar-refractivity contribution in [2.24, 2.45) is 0 Å². The van der Waals surface area contributed by atoms with Crippen LogP contribution in [0.5, 0.6) is 11.5 Å². The predicted octanol–water partition coefficient (Wildman–Crippen LogP) is 3.27. The Bertz CT molecular complexity index is 501. The van der Waals surface area contributed by atoms with Gasteiger partial charge in [-0.3, -0.25) is 0 Å². The molecule has 0 radical (unpaired) electrons. The van der Waals surface area contributed by atoms with Crippen LogP contribution in [-0.4, -0.2) is 0 Å². The maximum atomic E-state index is 7.50. The summed E-state index contributed by atoms with van der Waals surface area (Å²) >= 11 is 0. The van der Waals surface area contributed by atoms with E-state index in [9.17, 15) is 0 Å². The van der Waals surface area contributed by atoms with Crippen LogP contribution in [0.1, 0.15) is 11.1 Å². The zero-order chi connectivity index (χ0) is 15.4. The van der Waals surface area contributed by atoms with Crippen LogP contribution in [0.2, 0.25) is 0 Å². The summed E-state index contributed by atoms with van der Waals surface area (Å²) < 4.78 is 28.3. The van der Waals surface area contributed by atoms with Crippen molar-refractivity contribution in [2.45, 2.75) is 6.42 Å². The van der Waals surface area contributed by atoms with Crippen LogP contribution in [0.25, 0.3) is 0 Å². The number of hydrogen-bond acceptors (Lipinski definition) is 1. The maximum Gasteiger partial charge on any atom is 0.130 e. The van der Waals surface area contributed by atoms with E-state index in [0.29, 0.717) is 0 Å². The molecule has 0 aliphatic carbocycles. The monoisotopic (exact) mass is 318 g/mol. The molecule has 0 amide bonds. The summed E-state index contributed by atoms with van der Waals surface area (Å²) in [7, 11) is 0. The van der Waals surface area contributed by atoms with Crippen LogP contribution in [0, 0.1) is 20.0 Å². The molecule has 2 aromatic carbocycles. The standard InChI is InChI=1S/C13H10O.3CO.Cr/c1-3-7-12-10(5-1)9-11-6-2-4-8-13(11)14-12;3*1-2;/h1-8H,9H2;;;;. The molecule has 0 N–H and O–H groups in total. The molecule has 2 aromatic rings. The summed E-state index contributed by atoms with van der Waals surface area (Å²) in [4.78, 5) is 0. The summed E-state index contributed by atoms with van der Waals surface area (Å²) in [6.07, 6.45) is 0.979. The molecule has 1 aliphatic heterocycles. The second-order valence-corrected chi connectivity index (χ2v) is 3.49. The minimum Gasteiger partial charge on any atom is -0.457 e. The van der Waals surface area contributed by atoms with Crippen LogP contribution < -0.4 is 4.74 Å². The topological polar surface area (TPSA) is 68.9 Å². The zero-order valence-corrected chi connectivity index (χ0v) is 12.1. The Hall–Kier alpha value is -2.01. The van der Waals surface area contributed by atoms with Gasteiger partial charge in [0.1, 0.15) is 11.5 Å². The van der Waals surface area contributed by atoms with Crippen molar-refractivity contribution in [3.63, 3.8) is 0 Å². The third-order valence-electron chi connectivity index (χ3n) is 2.55. The van der Waals surface area contributed by atoms with E-state index in [1.165, 1.54) is 11.1 Å². The first kappa shape index (κ1) is 21.3. The van der Waals surface area contributed by atoms with Crippen molar-refractivity contribution in [1.82, 2.24) is 0 Å². The van der Waals surface area contributed by atoms with Crippen molar-refractivity contribution >= 4 is 0 Å². The Kier molecular flexibility index (Phi) is 13.2. The molecule has 0 bridgehead atoms. The van der Waals surface area contributed by atoms with Crippen LogP contribution in [0.15, 0.2) is 48.5 Å². The van der Waals surface area contributed by atoms with Gasteiger partial charge in [-0.2, -0.15) is 0 Å². The molecular formula is C16H10CrO4. The van der Waals surface area contributed by atoms with E-state index < -0.39 is 0 Å². The molecule has 1 aliphatic rings. The SMILES string of the molecule is [C-]#[O+].[C-]#[O+].[C-]#[O+].[Cr].c1ccc2c(c1)Cc1ccccc1O2. The van der Waals surface area contributed by atoms with Gasteiger partial charge in [-0.25, -0.2) is 0 Å². The normalized spacial score (nSPS) is 8.67. The second-order valence-electron chi connectivity index (χ2n) is 3.49. The third kappa shape index (κ3) is 5.87. The van der Waals surface area contributed by atoms with Gasteiger partial charge in [0.2, 0.25) is 0 Å². The first-order valence-corrected chi connectivity index (χ1v) is 5.38. The average Bonchev–Trinajstić information content (AvgIpc) is 2.58. The van der Waals surface area contributed by atoms with Crippen molar-refractivity contribution in [3.05, 3.63) is 79.6 Å². The van der Waals surface area contributed by atoms with Crippen LogP contribution in [-0.2, 0) is 37.7 Å². The molecule has 0 atom stereocenters. The number of para-hydroxylation sites is 2. The summed E-state index contributed by atoms with van der Waals surface area (Å²) in [6.45, 7) is 13.5. The molecule has 0 saturated heterocycles. The fraction of sp³-hybridized carbons (Fsp3) is 0.0625. The molecule has 104 valence electrons. The van der Waals surface area contributed by atoms with Gasteiger partial charge < -0.3 is 4.74 Å². The van der Waals surface area contributed by atoms with Crippen LogP contribution >= 0.6 is 0 Å². The van der Waals surface area contributed by atoms with E-state index in [2.05, 4.69) is 44.2 Å². The van der Waals surface area contributed by atoms with Crippen molar-refractivity contribution in [3.8, 4) is 11.5 Å². The molecule has 3 rings (SSSR count). The van der Waals surface area contributed by atoms with Crippen LogP contribution in [0.3, 0.4) is 0 Å². The molecule has 1 heterocycles. The van der Waals surface area contributed by atoms with E-state index in [1.807, 2.05) is 24.3 Å². The number of hydrogen-bond donors (Lipinski definition) is 0. The van der Waals surface area contributed by atoms with Gasteiger partial charge in [-0.05, 0) is 23.3 Å². The van der Waals surface area contributed by atoms with Gasteiger partial charge in [0.05, 0.1) is 0 Å². The van der Waals surface area contributed by atoms with Crippen molar-refractivity contribution in [1.29, 1.82) is 0 Å². The number of fused-ring (bicyclic) bond motifs is 2. The Morgan fingerprint density at radius 3 is 1.38 bits per heavy atom. The van der Waals surface area contributed by atoms with Crippen molar-refractivity contribution < 1.29 is 36.1 Å². The Morgan fingerprint density at radius 2 is 1.00 bits per heavy atom. The largest absolute Gasteiger partial charge is 0.457 e. The first-order valence-electron chi connectivity index (χ1n) is 5.38. The van der Waals surface area contributed by atoms with E-state index in [0.717, 1.165) is 17.9 Å². The van der Waals surface area contributed by atoms with E-state index in [1.54, 1.807) is 0 Å². The average molecular weight is 318 g/mol. The van der Waals surface area contributed by atoms with Gasteiger partial charge in [-0.15, -0.1) is 0 Å². The van der Waals surface area contributed by atoms with Crippen molar-refractivity contribution in [2.75, 3.05) is 0 Å². The molecular weight excluding hydrogens is 308 g/mol. The second kappa shape index (κ2) is 13.0. The molecule has 0 spiro atoms. The number of rotatable bonds is 0. The van der Waals surface area contributed by atoms with E-state index >= 15 is 0 Å². The first-order chi connectivity index (χ1) is 9.93. The Labute approximate surface area is 134 Å². The molecule has 0 saturated carbocycles. The molecule has 0 fully saturated rings. The summed E-state index contributed by atoms with van der Waals surface area (Å²) in [5, 5.41) is 0. The van der Waals surface area contributed by atoms with Gasteiger partial charge >= 0.3 is 33.9 Å². The van der Waals surface area contributed by atoms with Gasteiger partial charge in [0.15, 0.2) is 0 Å². The summed E-state index contributed by atoms with van der Waals surface area (Å²) in [5.74, 6) is 1.98.